The number of urea groups is 1. The molecule has 0 atom stereocenters. The molecule has 3 aromatic carbocycles. The van der Waals surface area contributed by atoms with E-state index in [1.807, 2.05) is 0 Å². The van der Waals surface area contributed by atoms with Crippen LogP contribution in [0.2, 0.25) is 0 Å². The molecule has 1 saturated heterocycles. The third-order valence-electron chi connectivity index (χ3n) is 5.86. The van der Waals surface area contributed by atoms with Crippen molar-refractivity contribution in [3.8, 4) is 17.2 Å². The van der Waals surface area contributed by atoms with Crippen molar-refractivity contribution in [1.82, 2.24) is 5.32 Å². The fourth-order valence-electron chi connectivity index (χ4n) is 4.01. The van der Waals surface area contributed by atoms with Crippen molar-refractivity contribution in [3.63, 3.8) is 0 Å². The van der Waals surface area contributed by atoms with Crippen molar-refractivity contribution >= 4 is 35.3 Å². The lowest BCUT2D eigenvalue weighted by atomic mass is 10.0. The number of para-hydroxylation sites is 1. The van der Waals surface area contributed by atoms with Crippen LogP contribution in [-0.4, -0.2) is 29.9 Å². The average Bonchev–Trinajstić information content (AvgIpc) is 2.92. The number of allylic oxidation sites excluding steroid dienone is 1. The summed E-state index contributed by atoms with van der Waals surface area (Å²) in [5.74, 6) is -2.36. The van der Waals surface area contributed by atoms with E-state index in [0.29, 0.717) is 17.7 Å². The lowest BCUT2D eigenvalue weighted by Crippen LogP contribution is -2.54. The smallest absolute Gasteiger partial charge is 0.416 e. The molecule has 1 N–H and O–H groups in total. The Morgan fingerprint density at radius 1 is 1.05 bits per heavy atom. The van der Waals surface area contributed by atoms with Crippen molar-refractivity contribution in [1.29, 1.82) is 0 Å². The van der Waals surface area contributed by atoms with Crippen molar-refractivity contribution in [2.24, 2.45) is 0 Å². The molecule has 13 heteroatoms. The summed E-state index contributed by atoms with van der Waals surface area (Å²) < 4.78 is 50.5. The minimum Gasteiger partial charge on any atom is -0.493 e. The number of nitro benzene ring substituents is 1. The van der Waals surface area contributed by atoms with Crippen LogP contribution in [0.3, 0.4) is 0 Å². The number of barbiturate groups is 1. The summed E-state index contributed by atoms with van der Waals surface area (Å²) in [6, 6.07) is 11.7. The zero-order valence-electron chi connectivity index (χ0n) is 21.2. The molecular weight excluding hydrogens is 547 g/mol. The van der Waals surface area contributed by atoms with Crippen molar-refractivity contribution in [2.45, 2.75) is 12.6 Å². The summed E-state index contributed by atoms with van der Waals surface area (Å²) in [6.07, 6.45) is -2.02. The number of methoxy groups -OCH3 is 1. The maximum absolute atomic E-state index is 13.2. The SMILES string of the molecule is C=CCc1cc(/C=C2\C(=O)NC(=O)N(c3ccccc3)C2=O)cc(OC)c1Oc1ccc(C(F)(F)F)cc1[N+](=O)[O-]. The van der Waals surface area contributed by atoms with E-state index < -0.39 is 45.9 Å². The molecule has 0 saturated carbocycles. The van der Waals surface area contributed by atoms with Gasteiger partial charge in [0.25, 0.3) is 11.8 Å². The number of hydrogen-bond donors (Lipinski definition) is 1. The summed E-state index contributed by atoms with van der Waals surface area (Å²) >= 11 is 0. The van der Waals surface area contributed by atoms with Gasteiger partial charge in [-0.1, -0.05) is 24.3 Å². The normalized spacial score (nSPS) is 14.6. The molecule has 0 bridgehead atoms. The van der Waals surface area contributed by atoms with Gasteiger partial charge >= 0.3 is 17.9 Å². The van der Waals surface area contributed by atoms with Gasteiger partial charge in [0.1, 0.15) is 5.57 Å². The Labute approximate surface area is 230 Å². The largest absolute Gasteiger partial charge is 0.493 e. The lowest BCUT2D eigenvalue weighted by Gasteiger charge is -2.26. The number of benzene rings is 3. The Balaban J connectivity index is 1.78. The van der Waals surface area contributed by atoms with Gasteiger partial charge in [0.05, 0.1) is 23.3 Å². The summed E-state index contributed by atoms with van der Waals surface area (Å²) in [5, 5.41) is 13.7. The number of halogens is 3. The number of hydrogen-bond acceptors (Lipinski definition) is 7. The molecule has 4 amide bonds. The molecule has 210 valence electrons. The summed E-state index contributed by atoms with van der Waals surface area (Å²) in [4.78, 5) is 49.5. The second kappa shape index (κ2) is 11.3. The van der Waals surface area contributed by atoms with Gasteiger partial charge < -0.3 is 9.47 Å². The van der Waals surface area contributed by atoms with Crippen LogP contribution in [0, 0.1) is 10.1 Å². The van der Waals surface area contributed by atoms with E-state index in [9.17, 15) is 37.7 Å². The number of imide groups is 2. The van der Waals surface area contributed by atoms with Crippen LogP contribution < -0.4 is 19.7 Å². The maximum atomic E-state index is 13.2. The third-order valence-corrected chi connectivity index (χ3v) is 5.86. The van der Waals surface area contributed by atoms with E-state index in [1.165, 1.54) is 43.5 Å². The van der Waals surface area contributed by atoms with Crippen LogP contribution in [0.25, 0.3) is 6.08 Å². The molecular formula is C28H20F3N3O7. The van der Waals surface area contributed by atoms with E-state index in [2.05, 4.69) is 11.9 Å². The minimum absolute atomic E-state index is 0.00921. The number of nitrogens with one attached hydrogen (secondary N) is 1. The number of rotatable bonds is 8. The third kappa shape index (κ3) is 5.93. The highest BCUT2D eigenvalue weighted by molar-refractivity contribution is 6.39. The molecule has 3 aromatic rings. The van der Waals surface area contributed by atoms with Crippen molar-refractivity contribution in [2.75, 3.05) is 12.0 Å². The first-order valence-electron chi connectivity index (χ1n) is 11.8. The molecule has 0 aliphatic carbocycles. The van der Waals surface area contributed by atoms with Crippen LogP contribution in [-0.2, 0) is 22.2 Å². The molecule has 41 heavy (non-hydrogen) atoms. The molecule has 1 aliphatic heterocycles. The van der Waals surface area contributed by atoms with E-state index >= 15 is 0 Å². The maximum Gasteiger partial charge on any atom is 0.416 e. The minimum atomic E-state index is -4.81. The second-order valence-electron chi connectivity index (χ2n) is 8.54. The number of alkyl halides is 3. The lowest BCUT2D eigenvalue weighted by molar-refractivity contribution is -0.385. The average molecular weight is 567 g/mol. The zero-order valence-corrected chi connectivity index (χ0v) is 21.2. The number of carbonyl (C=O) groups is 3. The highest BCUT2D eigenvalue weighted by Gasteiger charge is 2.37. The predicted molar refractivity (Wildman–Crippen MR) is 141 cm³/mol. The van der Waals surface area contributed by atoms with Crippen LogP contribution in [0.15, 0.2) is 78.9 Å². The fraction of sp³-hybridized carbons (Fsp3) is 0.107. The molecule has 0 unspecified atom stereocenters. The Morgan fingerprint density at radius 2 is 1.76 bits per heavy atom. The Bertz CT molecular complexity index is 1600. The zero-order chi connectivity index (χ0) is 29.9. The van der Waals surface area contributed by atoms with E-state index in [1.54, 1.807) is 18.2 Å². The molecule has 1 fully saturated rings. The Kier molecular flexibility index (Phi) is 7.89. The molecule has 1 aliphatic rings. The molecule has 0 aromatic heterocycles. The van der Waals surface area contributed by atoms with Gasteiger partial charge in [-0.25, -0.2) is 9.69 Å². The van der Waals surface area contributed by atoms with Crippen molar-refractivity contribution < 1.29 is 42.0 Å². The Hall–Kier alpha value is -5.46. The number of ether oxygens (including phenoxy) is 2. The predicted octanol–water partition coefficient (Wildman–Crippen LogP) is 5.81. The monoisotopic (exact) mass is 567 g/mol. The van der Waals surface area contributed by atoms with Crippen molar-refractivity contribution in [3.05, 3.63) is 106 Å². The van der Waals surface area contributed by atoms with Crippen LogP contribution >= 0.6 is 0 Å². The van der Waals surface area contributed by atoms with Crippen LogP contribution in [0.5, 0.6) is 17.2 Å². The first kappa shape index (κ1) is 28.5. The van der Waals surface area contributed by atoms with Crippen LogP contribution in [0.4, 0.5) is 29.3 Å². The summed E-state index contributed by atoms with van der Waals surface area (Å²) in [7, 11) is 1.26. The van der Waals surface area contributed by atoms with E-state index in [0.717, 1.165) is 11.0 Å². The first-order valence-corrected chi connectivity index (χ1v) is 11.8. The number of amides is 4. The topological polar surface area (TPSA) is 128 Å². The van der Waals surface area contributed by atoms with Gasteiger partial charge in [0.2, 0.25) is 5.75 Å². The number of nitrogens with zero attached hydrogens (tertiary/aromatic N) is 2. The quantitative estimate of drug-likeness (QED) is 0.120. The fourth-order valence-corrected chi connectivity index (χ4v) is 4.01. The first-order chi connectivity index (χ1) is 19.4. The van der Waals surface area contributed by atoms with Gasteiger partial charge in [-0.2, -0.15) is 13.2 Å². The molecule has 0 radical (unpaired) electrons. The standard InChI is InChI=1S/C28H20F3N3O7/c1-3-7-17-12-16(13-20-25(35)32-27(37)33(26(20)36)19-8-5-4-6-9-19)14-23(40-2)24(17)41-22-11-10-18(28(29,30)31)15-21(22)34(38)39/h3-6,8-15H,1,7H2,2H3,(H,32,35,37)/b20-13+. The van der Waals surface area contributed by atoms with Gasteiger partial charge in [-0.05, 0) is 54.5 Å². The molecule has 4 rings (SSSR count). The number of carbonyl (C=O) groups excluding carboxylic acids is 3. The number of nitro groups is 1. The number of anilines is 1. The highest BCUT2D eigenvalue weighted by Crippen LogP contribution is 2.42. The van der Waals surface area contributed by atoms with E-state index in [4.69, 9.17) is 9.47 Å². The Morgan fingerprint density at radius 3 is 2.37 bits per heavy atom. The molecule has 0 spiro atoms. The van der Waals surface area contributed by atoms with Gasteiger partial charge in [-0.15, -0.1) is 6.58 Å². The van der Waals surface area contributed by atoms with E-state index in [-0.39, 0.29) is 34.7 Å². The summed E-state index contributed by atoms with van der Waals surface area (Å²) in [5.41, 5.74) is -1.70. The molecule has 10 nitrogen and oxygen atoms in total. The van der Waals surface area contributed by atoms with Gasteiger partial charge in [0, 0.05) is 11.6 Å². The van der Waals surface area contributed by atoms with Gasteiger partial charge in [-0.3, -0.25) is 25.0 Å². The van der Waals surface area contributed by atoms with Crippen LogP contribution in [0.1, 0.15) is 16.7 Å². The highest BCUT2D eigenvalue weighted by atomic mass is 19.4. The second-order valence-corrected chi connectivity index (χ2v) is 8.54. The van der Waals surface area contributed by atoms with Gasteiger partial charge in [0.15, 0.2) is 11.5 Å². The summed E-state index contributed by atoms with van der Waals surface area (Å²) in [6.45, 7) is 3.66. The molecule has 1 heterocycles.